The molecule has 0 spiro atoms. The number of thioether (sulfide) groups is 1. The van der Waals surface area contributed by atoms with Crippen molar-refractivity contribution in [3.8, 4) is 0 Å². The largest absolute Gasteiger partial charge is 0.157 e. The van der Waals surface area contributed by atoms with Crippen LogP contribution in [-0.4, -0.2) is 5.75 Å². The average molecular weight is 171 g/mol. The average Bonchev–Trinajstić information content (AvgIpc) is 2.04. The van der Waals surface area contributed by atoms with Gasteiger partial charge in [0.1, 0.15) is 0 Å². The molecule has 0 aromatic rings. The van der Waals surface area contributed by atoms with E-state index in [9.17, 15) is 0 Å². The molecule has 1 heteroatoms. The topological polar surface area (TPSA) is 0 Å². The van der Waals surface area contributed by atoms with Gasteiger partial charge in [-0.2, -0.15) is 11.8 Å². The second-order valence-electron chi connectivity index (χ2n) is 2.68. The molecule has 0 heterocycles. The van der Waals surface area contributed by atoms with Gasteiger partial charge in [0, 0.05) is 5.75 Å². The molecule has 0 aliphatic rings. The molecule has 1 radical (unpaired) electrons. The molecule has 0 N–H and O–H groups in total. The summed E-state index contributed by atoms with van der Waals surface area (Å²) in [6.07, 6.45) is 5.97. The predicted molar refractivity (Wildman–Crippen MR) is 55.7 cm³/mol. The fourth-order valence-corrected chi connectivity index (χ4v) is 1.49. The minimum absolute atomic E-state index is 1.19. The Labute approximate surface area is 75.5 Å². The highest BCUT2D eigenvalue weighted by atomic mass is 32.2. The maximum absolute atomic E-state index is 2.28. The Hall–Kier alpha value is 0.0900. The minimum Gasteiger partial charge on any atom is -0.157 e. The van der Waals surface area contributed by atoms with E-state index in [2.05, 4.69) is 32.6 Å². The van der Waals surface area contributed by atoms with Gasteiger partial charge in [-0.1, -0.05) is 18.6 Å². The van der Waals surface area contributed by atoms with Gasteiger partial charge >= 0.3 is 0 Å². The molecule has 0 saturated heterocycles. The summed E-state index contributed by atoms with van der Waals surface area (Å²) in [5.74, 6) is 3.56. The minimum atomic E-state index is 1.19. The lowest BCUT2D eigenvalue weighted by Crippen LogP contribution is -1.81. The molecule has 0 fully saturated rings. The zero-order valence-corrected chi connectivity index (χ0v) is 8.71. The molecule has 0 atom stereocenters. The molecular formula is C10H19S. The number of hydrogen-bond acceptors (Lipinski definition) is 1. The Morgan fingerprint density at radius 2 is 2.18 bits per heavy atom. The Bertz CT molecular complexity index is 105. The van der Waals surface area contributed by atoms with E-state index < -0.39 is 0 Å². The summed E-state index contributed by atoms with van der Waals surface area (Å²) >= 11 is 1.95. The van der Waals surface area contributed by atoms with Crippen molar-refractivity contribution in [2.45, 2.75) is 40.0 Å². The first-order chi connectivity index (χ1) is 5.31. The van der Waals surface area contributed by atoms with Crippen molar-refractivity contribution in [3.63, 3.8) is 0 Å². The van der Waals surface area contributed by atoms with E-state index in [1.165, 1.54) is 30.6 Å². The summed E-state index contributed by atoms with van der Waals surface area (Å²) in [6, 6.07) is 0. The van der Waals surface area contributed by atoms with Gasteiger partial charge in [0.05, 0.1) is 0 Å². The van der Waals surface area contributed by atoms with Crippen molar-refractivity contribution in [2.75, 3.05) is 5.75 Å². The lowest BCUT2D eigenvalue weighted by atomic mass is 10.2. The van der Waals surface area contributed by atoms with Gasteiger partial charge < -0.3 is 0 Å². The van der Waals surface area contributed by atoms with Gasteiger partial charge in [0.2, 0.25) is 0 Å². The van der Waals surface area contributed by atoms with Crippen LogP contribution in [0.25, 0.3) is 0 Å². The van der Waals surface area contributed by atoms with Crippen molar-refractivity contribution < 1.29 is 0 Å². The van der Waals surface area contributed by atoms with E-state index in [1.807, 2.05) is 11.8 Å². The Balaban J connectivity index is 3.02. The summed E-state index contributed by atoms with van der Waals surface area (Å²) in [7, 11) is 0. The highest BCUT2D eigenvalue weighted by Crippen LogP contribution is 2.12. The van der Waals surface area contributed by atoms with Crippen LogP contribution < -0.4 is 0 Å². The summed E-state index contributed by atoms with van der Waals surface area (Å²) in [5.41, 5.74) is 1.52. The van der Waals surface area contributed by atoms with Crippen molar-refractivity contribution in [1.82, 2.24) is 0 Å². The number of hydrogen-bond donors (Lipinski definition) is 0. The normalized spacial score (nSPS) is 12.1. The molecular weight excluding hydrogens is 152 g/mol. The molecule has 0 amide bonds. The number of rotatable bonds is 6. The van der Waals surface area contributed by atoms with Crippen molar-refractivity contribution >= 4 is 11.8 Å². The highest BCUT2D eigenvalue weighted by molar-refractivity contribution is 8.01. The van der Waals surface area contributed by atoms with Crippen LogP contribution in [0.15, 0.2) is 11.6 Å². The molecule has 0 unspecified atom stereocenters. The Kier molecular flexibility index (Phi) is 8.26. The van der Waals surface area contributed by atoms with Crippen LogP contribution in [0.5, 0.6) is 0 Å². The first-order valence-electron chi connectivity index (χ1n) is 4.36. The molecule has 0 aromatic heterocycles. The molecule has 0 aromatic carbocycles. The maximum Gasteiger partial charge on any atom is 0.0163 e. The molecule has 0 saturated carbocycles. The first kappa shape index (κ1) is 11.1. The van der Waals surface area contributed by atoms with Crippen LogP contribution in [0.2, 0.25) is 0 Å². The van der Waals surface area contributed by atoms with Crippen LogP contribution in [0, 0.1) is 5.75 Å². The molecule has 0 aliphatic heterocycles. The zero-order chi connectivity index (χ0) is 8.53. The third-order valence-corrected chi connectivity index (χ3v) is 2.70. The Morgan fingerprint density at radius 3 is 2.73 bits per heavy atom. The highest BCUT2D eigenvalue weighted by Gasteiger charge is 1.90. The second kappa shape index (κ2) is 8.19. The lowest BCUT2D eigenvalue weighted by molar-refractivity contribution is 0.914. The van der Waals surface area contributed by atoms with E-state index >= 15 is 0 Å². The predicted octanol–water partition coefficient (Wildman–Crippen LogP) is 4.04. The smallest absolute Gasteiger partial charge is 0.0163 e. The molecule has 0 rings (SSSR count). The van der Waals surface area contributed by atoms with Crippen molar-refractivity contribution in [2.24, 2.45) is 0 Å². The maximum atomic E-state index is 2.28. The second-order valence-corrected chi connectivity index (χ2v) is 3.76. The van der Waals surface area contributed by atoms with Crippen LogP contribution in [0.1, 0.15) is 40.0 Å². The fraction of sp³-hybridized carbons (Fsp3) is 0.700. The van der Waals surface area contributed by atoms with Gasteiger partial charge in [-0.15, -0.1) is 0 Å². The van der Waals surface area contributed by atoms with Crippen LogP contribution in [0.4, 0.5) is 0 Å². The summed E-state index contributed by atoms with van der Waals surface area (Å²) in [5, 5.41) is 0. The number of allylic oxidation sites excluding steroid dienone is 2. The van der Waals surface area contributed by atoms with E-state index in [0.717, 1.165) is 0 Å². The summed E-state index contributed by atoms with van der Waals surface area (Å²) in [6.45, 7) is 6.50. The lowest BCUT2D eigenvalue weighted by Gasteiger charge is -1.99. The van der Waals surface area contributed by atoms with Crippen molar-refractivity contribution in [1.29, 1.82) is 0 Å². The van der Waals surface area contributed by atoms with Crippen LogP contribution >= 0.6 is 11.8 Å². The fourth-order valence-electron chi connectivity index (χ4n) is 0.780. The Morgan fingerprint density at radius 1 is 1.45 bits per heavy atom. The molecule has 0 nitrogen and oxygen atoms in total. The first-order valence-corrected chi connectivity index (χ1v) is 5.41. The van der Waals surface area contributed by atoms with E-state index in [-0.39, 0.29) is 0 Å². The third kappa shape index (κ3) is 7.99. The van der Waals surface area contributed by atoms with Gasteiger partial charge in [0.25, 0.3) is 0 Å². The standard InChI is InChI=1S/C10H19S/c1-4-8-11-9-6-7-10(3)5-2/h5,8H,4,6-7,9H2,1-3H3/b10-5+. The van der Waals surface area contributed by atoms with E-state index in [4.69, 9.17) is 0 Å². The van der Waals surface area contributed by atoms with E-state index in [0.29, 0.717) is 0 Å². The quantitative estimate of drug-likeness (QED) is 0.429. The summed E-state index contributed by atoms with van der Waals surface area (Å²) in [4.78, 5) is 0. The third-order valence-electron chi connectivity index (χ3n) is 1.61. The van der Waals surface area contributed by atoms with Gasteiger partial charge in [-0.05, 0) is 38.9 Å². The van der Waals surface area contributed by atoms with Gasteiger partial charge in [-0.3, -0.25) is 0 Å². The monoisotopic (exact) mass is 171 g/mol. The van der Waals surface area contributed by atoms with Crippen LogP contribution in [0.3, 0.4) is 0 Å². The molecule has 0 aliphatic carbocycles. The SMILES string of the molecule is C/C=C(\C)CCCS[CH]CC. The van der Waals surface area contributed by atoms with Crippen LogP contribution in [-0.2, 0) is 0 Å². The molecule has 11 heavy (non-hydrogen) atoms. The van der Waals surface area contributed by atoms with Gasteiger partial charge in [0.15, 0.2) is 0 Å². The van der Waals surface area contributed by atoms with Crippen molar-refractivity contribution in [3.05, 3.63) is 17.4 Å². The zero-order valence-electron chi connectivity index (χ0n) is 7.89. The molecule has 65 valence electrons. The van der Waals surface area contributed by atoms with Gasteiger partial charge in [-0.25, -0.2) is 0 Å². The molecule has 0 bridgehead atoms. The van der Waals surface area contributed by atoms with E-state index in [1.54, 1.807) is 0 Å². The summed E-state index contributed by atoms with van der Waals surface area (Å²) < 4.78 is 0.